The van der Waals surface area contributed by atoms with Gasteiger partial charge in [-0.15, -0.1) is 0 Å². The molecule has 0 saturated heterocycles. The van der Waals surface area contributed by atoms with E-state index in [4.69, 9.17) is 0 Å². The topological polar surface area (TPSA) is 112 Å². The molecule has 9 heteroatoms. The van der Waals surface area contributed by atoms with Crippen molar-refractivity contribution in [3.63, 3.8) is 0 Å². The Bertz CT molecular complexity index is 1310. The lowest BCUT2D eigenvalue weighted by atomic mass is 10.0. The Morgan fingerprint density at radius 2 is 1.91 bits per heavy atom. The molecule has 174 valence electrons. The van der Waals surface area contributed by atoms with Gasteiger partial charge in [0, 0.05) is 42.4 Å². The maximum absolute atomic E-state index is 12.6. The number of carboxylic acid groups (broad SMARTS) is 1. The number of hydrogen-bond donors (Lipinski definition) is 2. The lowest BCUT2D eigenvalue weighted by Crippen LogP contribution is -2.43. The molecule has 2 N–H and O–H groups in total. The molecule has 4 rings (SSSR count). The van der Waals surface area contributed by atoms with Gasteiger partial charge < -0.3 is 19.9 Å². The van der Waals surface area contributed by atoms with Gasteiger partial charge in [-0.1, -0.05) is 18.7 Å². The van der Waals surface area contributed by atoms with Crippen LogP contribution in [0, 0.1) is 0 Å². The highest BCUT2D eigenvalue weighted by Crippen LogP contribution is 2.33. The number of amides is 4. The Morgan fingerprint density at radius 3 is 2.56 bits per heavy atom. The van der Waals surface area contributed by atoms with Gasteiger partial charge in [0.15, 0.2) is 0 Å². The molecule has 0 atom stereocenters. The van der Waals surface area contributed by atoms with Crippen molar-refractivity contribution in [3.8, 4) is 0 Å². The number of carbonyl (C=O) groups is 4. The van der Waals surface area contributed by atoms with Gasteiger partial charge in [-0.05, 0) is 54.0 Å². The van der Waals surface area contributed by atoms with Crippen LogP contribution in [0.25, 0.3) is 10.9 Å². The third-order valence-corrected chi connectivity index (χ3v) is 5.98. The van der Waals surface area contributed by atoms with E-state index in [0.29, 0.717) is 38.2 Å². The average molecular weight is 460 g/mol. The molecule has 1 aromatic heterocycles. The molecule has 0 saturated carbocycles. The van der Waals surface area contributed by atoms with Crippen molar-refractivity contribution in [3.05, 3.63) is 77.5 Å². The van der Waals surface area contributed by atoms with Crippen LogP contribution in [0.1, 0.15) is 27.2 Å². The number of carboxylic acids is 1. The highest BCUT2D eigenvalue weighted by molar-refractivity contribution is 6.01. The fourth-order valence-electron chi connectivity index (χ4n) is 4.26. The minimum Gasteiger partial charge on any atom is -0.478 e. The molecule has 0 spiro atoms. The predicted molar refractivity (Wildman–Crippen MR) is 127 cm³/mol. The molecule has 1 aliphatic rings. The van der Waals surface area contributed by atoms with Crippen molar-refractivity contribution >= 4 is 40.9 Å². The molecule has 0 fully saturated rings. The molecule has 3 aromatic rings. The maximum Gasteiger partial charge on any atom is 0.335 e. The van der Waals surface area contributed by atoms with E-state index < -0.39 is 5.97 Å². The molecule has 34 heavy (non-hydrogen) atoms. The Hall–Kier alpha value is -4.40. The summed E-state index contributed by atoms with van der Waals surface area (Å²) >= 11 is 0. The quantitative estimate of drug-likeness (QED) is 0.434. The van der Waals surface area contributed by atoms with Crippen LogP contribution in [0.2, 0.25) is 0 Å². The van der Waals surface area contributed by atoms with Crippen LogP contribution in [0.4, 0.5) is 10.5 Å². The normalized spacial score (nSPS) is 12.7. The van der Waals surface area contributed by atoms with E-state index in [0.717, 1.165) is 32.6 Å². The minimum atomic E-state index is -0.988. The van der Waals surface area contributed by atoms with Crippen molar-refractivity contribution in [1.82, 2.24) is 14.4 Å². The summed E-state index contributed by atoms with van der Waals surface area (Å²) in [4.78, 5) is 49.4. The zero-order chi connectivity index (χ0) is 24.4. The SMILES string of the molecule is C=CC(=O)Nc1ccc2c(c1)c1c(n2Cc2ccc(C(=O)O)cc2)CN(C(=O)N(C)C=O)CC1. The molecule has 0 bridgehead atoms. The van der Waals surface area contributed by atoms with E-state index in [1.54, 1.807) is 29.2 Å². The number of benzene rings is 2. The number of fused-ring (bicyclic) bond motifs is 3. The second kappa shape index (κ2) is 9.22. The fourth-order valence-corrected chi connectivity index (χ4v) is 4.26. The number of carbonyl (C=O) groups excluding carboxylic acids is 3. The highest BCUT2D eigenvalue weighted by Gasteiger charge is 2.28. The number of nitrogens with zero attached hydrogens (tertiary/aromatic N) is 3. The molecule has 2 heterocycles. The van der Waals surface area contributed by atoms with E-state index in [9.17, 15) is 24.3 Å². The number of urea groups is 1. The number of nitrogens with one attached hydrogen (secondary N) is 1. The molecule has 0 radical (unpaired) electrons. The van der Waals surface area contributed by atoms with Gasteiger partial charge in [-0.3, -0.25) is 14.5 Å². The van der Waals surface area contributed by atoms with Crippen molar-refractivity contribution in [2.24, 2.45) is 0 Å². The zero-order valence-electron chi connectivity index (χ0n) is 18.7. The summed E-state index contributed by atoms with van der Waals surface area (Å²) in [5.74, 6) is -1.29. The third kappa shape index (κ3) is 4.27. The van der Waals surface area contributed by atoms with Crippen LogP contribution in [-0.4, -0.2) is 57.4 Å². The monoisotopic (exact) mass is 460 g/mol. The number of imide groups is 1. The van der Waals surface area contributed by atoms with E-state index >= 15 is 0 Å². The van der Waals surface area contributed by atoms with Crippen LogP contribution in [0.3, 0.4) is 0 Å². The first-order chi connectivity index (χ1) is 16.3. The molecular formula is C25H24N4O5. The number of aromatic carboxylic acids is 1. The van der Waals surface area contributed by atoms with Gasteiger partial charge in [-0.2, -0.15) is 0 Å². The lowest BCUT2D eigenvalue weighted by Gasteiger charge is -2.30. The molecule has 2 aromatic carbocycles. The Kier molecular flexibility index (Phi) is 6.18. The number of hydrogen-bond acceptors (Lipinski definition) is 4. The summed E-state index contributed by atoms with van der Waals surface area (Å²) in [5.41, 5.74) is 4.69. The van der Waals surface area contributed by atoms with Gasteiger partial charge in [0.2, 0.25) is 12.3 Å². The first-order valence-corrected chi connectivity index (χ1v) is 10.7. The van der Waals surface area contributed by atoms with Crippen LogP contribution >= 0.6 is 0 Å². The number of anilines is 1. The van der Waals surface area contributed by atoms with Gasteiger partial charge in [0.05, 0.1) is 12.1 Å². The summed E-state index contributed by atoms with van der Waals surface area (Å²) in [6.45, 7) is 4.73. The minimum absolute atomic E-state index is 0.208. The fraction of sp³-hybridized carbons (Fsp3) is 0.200. The summed E-state index contributed by atoms with van der Waals surface area (Å²) in [6.07, 6.45) is 2.29. The average Bonchev–Trinajstić information content (AvgIpc) is 3.15. The molecular weight excluding hydrogens is 436 g/mol. The highest BCUT2D eigenvalue weighted by atomic mass is 16.4. The first kappa shape index (κ1) is 22.8. The molecule has 0 unspecified atom stereocenters. The Morgan fingerprint density at radius 1 is 1.18 bits per heavy atom. The summed E-state index contributed by atoms with van der Waals surface area (Å²) in [5, 5.41) is 12.9. The Labute approximate surface area is 195 Å². The van der Waals surface area contributed by atoms with Crippen molar-refractivity contribution in [2.45, 2.75) is 19.5 Å². The van der Waals surface area contributed by atoms with E-state index in [1.165, 1.54) is 13.1 Å². The predicted octanol–water partition coefficient (Wildman–Crippen LogP) is 3.08. The lowest BCUT2D eigenvalue weighted by molar-refractivity contribution is -0.115. The van der Waals surface area contributed by atoms with Crippen LogP contribution in [0.15, 0.2) is 55.1 Å². The van der Waals surface area contributed by atoms with Gasteiger partial charge in [0.1, 0.15) is 0 Å². The number of rotatable bonds is 6. The molecule has 1 aliphatic heterocycles. The first-order valence-electron chi connectivity index (χ1n) is 10.7. The summed E-state index contributed by atoms with van der Waals surface area (Å²) < 4.78 is 2.10. The zero-order valence-corrected chi connectivity index (χ0v) is 18.7. The smallest absolute Gasteiger partial charge is 0.335 e. The van der Waals surface area contributed by atoms with E-state index in [1.807, 2.05) is 18.2 Å². The van der Waals surface area contributed by atoms with E-state index in [-0.39, 0.29) is 17.5 Å². The van der Waals surface area contributed by atoms with Crippen LogP contribution in [-0.2, 0) is 29.1 Å². The van der Waals surface area contributed by atoms with Gasteiger partial charge in [-0.25, -0.2) is 9.59 Å². The van der Waals surface area contributed by atoms with Crippen molar-refractivity contribution < 1.29 is 24.3 Å². The van der Waals surface area contributed by atoms with Crippen LogP contribution < -0.4 is 5.32 Å². The van der Waals surface area contributed by atoms with Gasteiger partial charge >= 0.3 is 12.0 Å². The molecule has 9 nitrogen and oxygen atoms in total. The van der Waals surface area contributed by atoms with Crippen LogP contribution in [0.5, 0.6) is 0 Å². The summed E-state index contributed by atoms with van der Waals surface area (Å²) in [7, 11) is 1.43. The second-order valence-corrected chi connectivity index (χ2v) is 8.11. The molecule has 4 amide bonds. The largest absolute Gasteiger partial charge is 0.478 e. The molecule has 0 aliphatic carbocycles. The third-order valence-electron chi connectivity index (χ3n) is 5.98. The second-order valence-electron chi connectivity index (χ2n) is 8.11. The van der Waals surface area contributed by atoms with Gasteiger partial charge in [0.25, 0.3) is 0 Å². The summed E-state index contributed by atoms with van der Waals surface area (Å²) in [6, 6.07) is 11.9. The Balaban J connectivity index is 1.78. The van der Waals surface area contributed by atoms with Crippen molar-refractivity contribution in [1.29, 1.82) is 0 Å². The van der Waals surface area contributed by atoms with E-state index in [2.05, 4.69) is 16.5 Å². The standard InChI is InChI=1S/C25H24N4O5/c1-3-23(31)26-18-8-9-21-20(12-18)19-10-11-28(25(34)27(2)15-30)14-22(19)29(21)13-16-4-6-17(7-5-16)24(32)33/h3-9,12,15H,1,10-11,13-14H2,2H3,(H,26,31)(H,32,33). The number of aromatic nitrogens is 1. The maximum atomic E-state index is 12.6. The van der Waals surface area contributed by atoms with Crippen molar-refractivity contribution in [2.75, 3.05) is 18.9 Å².